The van der Waals surface area contributed by atoms with E-state index in [2.05, 4.69) is 10.6 Å². The number of hydrogen-bond acceptors (Lipinski definition) is 3. The Morgan fingerprint density at radius 1 is 1.30 bits per heavy atom. The highest BCUT2D eigenvalue weighted by molar-refractivity contribution is 5.96. The van der Waals surface area contributed by atoms with Crippen molar-refractivity contribution in [3.63, 3.8) is 0 Å². The third kappa shape index (κ3) is 3.17. The number of nitrogens with one attached hydrogen (secondary N) is 2. The summed E-state index contributed by atoms with van der Waals surface area (Å²) in [5.41, 5.74) is -1.00. The van der Waals surface area contributed by atoms with Gasteiger partial charge in [0.25, 0.3) is 5.91 Å². The van der Waals surface area contributed by atoms with Crippen LogP contribution in [0.4, 0.5) is 13.2 Å². The summed E-state index contributed by atoms with van der Waals surface area (Å²) in [5.74, 6) is -0.431. The molecule has 0 aromatic heterocycles. The summed E-state index contributed by atoms with van der Waals surface area (Å²) in [6.45, 7) is 2.09. The van der Waals surface area contributed by atoms with Gasteiger partial charge in [0.15, 0.2) is 0 Å². The van der Waals surface area contributed by atoms with E-state index in [0.29, 0.717) is 12.5 Å². The zero-order valence-electron chi connectivity index (χ0n) is 12.2. The normalized spacial score (nSPS) is 23.2. The second kappa shape index (κ2) is 5.84. The summed E-state index contributed by atoms with van der Waals surface area (Å²) in [4.78, 5) is 25.6. The van der Waals surface area contributed by atoms with Crippen LogP contribution in [-0.4, -0.2) is 48.9 Å². The molecule has 0 spiro atoms. The summed E-state index contributed by atoms with van der Waals surface area (Å²) in [6.07, 6.45) is -4.51. The number of benzene rings is 1. The van der Waals surface area contributed by atoms with Crippen molar-refractivity contribution >= 4 is 11.8 Å². The summed E-state index contributed by atoms with van der Waals surface area (Å²) in [6, 6.07) is 4.31. The second-order valence-corrected chi connectivity index (χ2v) is 5.79. The molecular weight excluding hydrogens is 311 g/mol. The third-order valence-electron chi connectivity index (χ3n) is 4.31. The standard InChI is InChI=1S/C15H16F3N3O2/c16-15(17,18)11-3-1-2-9(4-11)14(23)20-7-13(22)21-8-10-5-19-6-12(10)21/h1-4,10,12,19H,5-8H2,(H,20,23). The van der Waals surface area contributed by atoms with Crippen molar-refractivity contribution in [3.8, 4) is 0 Å². The van der Waals surface area contributed by atoms with E-state index in [9.17, 15) is 22.8 Å². The first-order chi connectivity index (χ1) is 10.9. The molecule has 124 valence electrons. The second-order valence-electron chi connectivity index (χ2n) is 5.79. The van der Waals surface area contributed by atoms with Crippen LogP contribution >= 0.6 is 0 Å². The zero-order valence-corrected chi connectivity index (χ0v) is 12.2. The molecule has 0 saturated carbocycles. The largest absolute Gasteiger partial charge is 0.416 e. The summed E-state index contributed by atoms with van der Waals surface area (Å²) < 4.78 is 37.9. The molecule has 2 aliphatic heterocycles. The third-order valence-corrected chi connectivity index (χ3v) is 4.31. The lowest BCUT2D eigenvalue weighted by atomic mass is 9.92. The maximum Gasteiger partial charge on any atom is 0.416 e. The summed E-state index contributed by atoms with van der Waals surface area (Å²) >= 11 is 0. The van der Waals surface area contributed by atoms with E-state index in [1.54, 1.807) is 4.90 Å². The fourth-order valence-electron chi connectivity index (χ4n) is 3.00. The Morgan fingerprint density at radius 2 is 2.09 bits per heavy atom. The lowest BCUT2D eigenvalue weighted by Gasteiger charge is -2.43. The first kappa shape index (κ1) is 15.8. The fraction of sp³-hybridized carbons (Fsp3) is 0.467. The smallest absolute Gasteiger partial charge is 0.343 e. The van der Waals surface area contributed by atoms with Gasteiger partial charge >= 0.3 is 6.18 Å². The van der Waals surface area contributed by atoms with E-state index >= 15 is 0 Å². The van der Waals surface area contributed by atoms with Gasteiger partial charge in [-0.3, -0.25) is 9.59 Å². The number of carbonyl (C=O) groups is 2. The van der Waals surface area contributed by atoms with Crippen LogP contribution in [-0.2, 0) is 11.0 Å². The van der Waals surface area contributed by atoms with Crippen LogP contribution in [0.5, 0.6) is 0 Å². The minimum absolute atomic E-state index is 0.114. The average Bonchev–Trinajstić information content (AvgIpc) is 2.85. The van der Waals surface area contributed by atoms with Crippen LogP contribution in [0, 0.1) is 5.92 Å². The fourth-order valence-corrected chi connectivity index (χ4v) is 3.00. The molecule has 1 aromatic carbocycles. The molecule has 2 unspecified atom stereocenters. The number of likely N-dealkylation sites (tertiary alicyclic amines) is 1. The highest BCUT2D eigenvalue weighted by Crippen LogP contribution is 2.29. The van der Waals surface area contributed by atoms with Gasteiger partial charge in [-0.25, -0.2) is 0 Å². The number of hydrogen-bond donors (Lipinski definition) is 2. The van der Waals surface area contributed by atoms with Crippen LogP contribution in [0.2, 0.25) is 0 Å². The number of carbonyl (C=O) groups excluding carboxylic acids is 2. The molecular formula is C15H16F3N3O2. The van der Waals surface area contributed by atoms with Crippen molar-refractivity contribution in [2.45, 2.75) is 12.2 Å². The monoisotopic (exact) mass is 327 g/mol. The van der Waals surface area contributed by atoms with E-state index in [1.165, 1.54) is 12.1 Å². The molecule has 2 heterocycles. The average molecular weight is 327 g/mol. The van der Waals surface area contributed by atoms with E-state index in [0.717, 1.165) is 25.2 Å². The summed E-state index contributed by atoms with van der Waals surface area (Å²) in [5, 5.41) is 5.58. The number of rotatable bonds is 3. The van der Waals surface area contributed by atoms with Crippen molar-refractivity contribution in [1.82, 2.24) is 15.5 Å². The van der Waals surface area contributed by atoms with Crippen LogP contribution in [0.1, 0.15) is 15.9 Å². The van der Waals surface area contributed by atoms with E-state index < -0.39 is 17.6 Å². The Balaban J connectivity index is 1.56. The first-order valence-corrected chi connectivity index (χ1v) is 7.32. The summed E-state index contributed by atoms with van der Waals surface area (Å²) in [7, 11) is 0. The maximum absolute atomic E-state index is 12.6. The molecule has 0 aliphatic carbocycles. The van der Waals surface area contributed by atoms with Gasteiger partial charge in [-0.05, 0) is 18.2 Å². The highest BCUT2D eigenvalue weighted by atomic mass is 19.4. The topological polar surface area (TPSA) is 61.4 Å². The molecule has 2 fully saturated rings. The van der Waals surface area contributed by atoms with Gasteiger partial charge in [0.05, 0.1) is 12.1 Å². The van der Waals surface area contributed by atoms with Crippen molar-refractivity contribution < 1.29 is 22.8 Å². The van der Waals surface area contributed by atoms with Gasteiger partial charge in [-0.2, -0.15) is 13.2 Å². The molecule has 5 nitrogen and oxygen atoms in total. The maximum atomic E-state index is 12.6. The van der Waals surface area contributed by atoms with E-state index in [1.807, 2.05) is 0 Å². The predicted octanol–water partition coefficient (Wildman–Crippen LogP) is 0.865. The lowest BCUT2D eigenvalue weighted by Crippen LogP contribution is -2.60. The Labute approximate surface area is 130 Å². The number of nitrogens with zero attached hydrogens (tertiary/aromatic N) is 1. The van der Waals surface area contributed by atoms with E-state index in [-0.39, 0.29) is 24.1 Å². The Bertz CT molecular complexity index is 633. The van der Waals surface area contributed by atoms with Crippen molar-refractivity contribution in [2.24, 2.45) is 5.92 Å². The molecule has 8 heteroatoms. The predicted molar refractivity (Wildman–Crippen MR) is 75.6 cm³/mol. The molecule has 2 amide bonds. The van der Waals surface area contributed by atoms with Crippen LogP contribution in [0.15, 0.2) is 24.3 Å². The zero-order chi connectivity index (χ0) is 16.6. The van der Waals surface area contributed by atoms with Gasteiger partial charge in [0.1, 0.15) is 0 Å². The molecule has 1 aromatic rings. The van der Waals surface area contributed by atoms with Crippen LogP contribution < -0.4 is 10.6 Å². The SMILES string of the molecule is O=C(NCC(=O)N1CC2CNCC21)c1cccc(C(F)(F)F)c1. The Kier molecular flexibility index (Phi) is 4.01. The molecule has 2 saturated heterocycles. The molecule has 3 rings (SSSR count). The van der Waals surface area contributed by atoms with Gasteiger partial charge < -0.3 is 15.5 Å². The molecule has 23 heavy (non-hydrogen) atoms. The van der Waals surface area contributed by atoms with Crippen LogP contribution in [0.25, 0.3) is 0 Å². The van der Waals surface area contributed by atoms with Gasteiger partial charge in [0, 0.05) is 37.2 Å². The van der Waals surface area contributed by atoms with Crippen molar-refractivity contribution in [1.29, 1.82) is 0 Å². The minimum Gasteiger partial charge on any atom is -0.343 e. The van der Waals surface area contributed by atoms with E-state index in [4.69, 9.17) is 0 Å². The Hall–Kier alpha value is -2.09. The number of halogens is 3. The lowest BCUT2D eigenvalue weighted by molar-refractivity contribution is -0.140. The molecule has 2 aliphatic rings. The van der Waals surface area contributed by atoms with Gasteiger partial charge in [-0.15, -0.1) is 0 Å². The molecule has 2 N–H and O–H groups in total. The van der Waals surface area contributed by atoms with Gasteiger partial charge in [-0.1, -0.05) is 6.07 Å². The minimum atomic E-state index is -4.51. The quantitative estimate of drug-likeness (QED) is 0.866. The van der Waals surface area contributed by atoms with Gasteiger partial charge in [0.2, 0.25) is 5.91 Å². The first-order valence-electron chi connectivity index (χ1n) is 7.32. The van der Waals surface area contributed by atoms with Crippen molar-refractivity contribution in [2.75, 3.05) is 26.2 Å². The van der Waals surface area contributed by atoms with Crippen molar-refractivity contribution in [3.05, 3.63) is 35.4 Å². The highest BCUT2D eigenvalue weighted by Gasteiger charge is 2.44. The molecule has 0 radical (unpaired) electrons. The number of fused-ring (bicyclic) bond motifs is 1. The molecule has 2 atom stereocenters. The van der Waals surface area contributed by atoms with Crippen LogP contribution in [0.3, 0.4) is 0 Å². The Morgan fingerprint density at radius 3 is 2.78 bits per heavy atom. The molecule has 0 bridgehead atoms. The number of amides is 2. The number of alkyl halides is 3.